The second-order valence-electron chi connectivity index (χ2n) is 9.10. The van der Waals surface area contributed by atoms with E-state index in [0.717, 1.165) is 17.7 Å². The number of carbonyl (C=O) groups excluding carboxylic acids is 1. The molecule has 1 N–H and O–H groups in total. The first kappa shape index (κ1) is 21.7. The molecule has 3 aromatic rings. The van der Waals surface area contributed by atoms with Gasteiger partial charge >= 0.3 is 6.03 Å². The van der Waals surface area contributed by atoms with E-state index in [9.17, 15) is 4.79 Å². The zero-order chi connectivity index (χ0) is 22.4. The van der Waals surface area contributed by atoms with Crippen LogP contribution in [0.2, 0.25) is 10.0 Å². The predicted octanol–water partition coefficient (Wildman–Crippen LogP) is 7.83. The summed E-state index contributed by atoms with van der Waals surface area (Å²) < 4.78 is 0. The van der Waals surface area contributed by atoms with E-state index in [4.69, 9.17) is 23.2 Å². The third-order valence-electron chi connectivity index (χ3n) is 6.19. The first-order valence-electron chi connectivity index (χ1n) is 10.3. The number of anilines is 2. The van der Waals surface area contributed by atoms with Crippen molar-refractivity contribution in [3.63, 3.8) is 0 Å². The summed E-state index contributed by atoms with van der Waals surface area (Å²) in [6, 6.07) is 21.8. The van der Waals surface area contributed by atoms with E-state index in [-0.39, 0.29) is 11.4 Å². The van der Waals surface area contributed by atoms with E-state index in [1.807, 2.05) is 23.1 Å². The van der Waals surface area contributed by atoms with Gasteiger partial charge in [-0.1, -0.05) is 78.2 Å². The second-order valence-corrected chi connectivity index (χ2v) is 9.91. The monoisotopic (exact) mass is 452 g/mol. The Balaban J connectivity index is 1.77. The van der Waals surface area contributed by atoms with Crippen molar-refractivity contribution in [1.82, 2.24) is 0 Å². The van der Waals surface area contributed by atoms with Crippen molar-refractivity contribution in [2.75, 3.05) is 10.2 Å². The Labute approximate surface area is 194 Å². The van der Waals surface area contributed by atoms with Crippen molar-refractivity contribution >= 4 is 40.6 Å². The molecule has 0 fully saturated rings. The summed E-state index contributed by atoms with van der Waals surface area (Å²) >= 11 is 12.2. The highest BCUT2D eigenvalue weighted by molar-refractivity contribution is 6.42. The number of hydrogen-bond donors (Lipinski definition) is 1. The van der Waals surface area contributed by atoms with Crippen LogP contribution in [0, 0.1) is 6.92 Å². The molecule has 5 heteroatoms. The summed E-state index contributed by atoms with van der Waals surface area (Å²) in [6.07, 6.45) is 0.787. The van der Waals surface area contributed by atoms with Gasteiger partial charge in [-0.2, -0.15) is 0 Å². The lowest BCUT2D eigenvalue weighted by atomic mass is 9.65. The number of fused-ring (bicyclic) bond motifs is 1. The summed E-state index contributed by atoms with van der Waals surface area (Å²) in [5.74, 6) is 0. The van der Waals surface area contributed by atoms with Crippen molar-refractivity contribution < 1.29 is 4.79 Å². The van der Waals surface area contributed by atoms with Crippen molar-refractivity contribution in [2.24, 2.45) is 0 Å². The predicted molar refractivity (Wildman–Crippen MR) is 131 cm³/mol. The number of rotatable bonds is 2. The highest BCUT2D eigenvalue weighted by Crippen LogP contribution is 2.50. The number of nitrogens with one attached hydrogen (secondary N) is 1. The Morgan fingerprint density at radius 1 is 0.935 bits per heavy atom. The zero-order valence-electron chi connectivity index (χ0n) is 18.2. The maximum atomic E-state index is 13.5. The second kappa shape index (κ2) is 7.89. The van der Waals surface area contributed by atoms with Gasteiger partial charge in [-0.15, -0.1) is 0 Å². The summed E-state index contributed by atoms with van der Waals surface area (Å²) in [5, 5.41) is 3.86. The van der Waals surface area contributed by atoms with Gasteiger partial charge in [0.15, 0.2) is 0 Å². The molecule has 0 aliphatic carbocycles. The third-order valence-corrected chi connectivity index (χ3v) is 6.93. The standard InChI is InChI=1S/C26H26Cl2N2O/c1-17-9-11-18(12-10-17)26(4)16-25(2,3)30(23-8-6-5-7-20(23)26)24(31)29-19-13-14-21(27)22(28)15-19/h5-15H,16H2,1-4H3,(H,29,31)/t26-/m1/s1. The number of amides is 2. The van der Waals surface area contributed by atoms with Crippen LogP contribution in [-0.4, -0.2) is 11.6 Å². The van der Waals surface area contributed by atoms with Crippen LogP contribution >= 0.6 is 23.2 Å². The fraction of sp³-hybridized carbons (Fsp3) is 0.269. The average Bonchev–Trinajstić information content (AvgIpc) is 2.70. The van der Waals surface area contributed by atoms with Gasteiger partial charge in [0, 0.05) is 16.6 Å². The lowest BCUT2D eigenvalue weighted by molar-refractivity contribution is 0.243. The van der Waals surface area contributed by atoms with Crippen LogP contribution < -0.4 is 10.2 Å². The van der Waals surface area contributed by atoms with Gasteiger partial charge in [0.05, 0.1) is 15.7 Å². The first-order valence-corrected chi connectivity index (χ1v) is 11.1. The number of halogens is 2. The zero-order valence-corrected chi connectivity index (χ0v) is 19.7. The van der Waals surface area contributed by atoms with Crippen molar-refractivity contribution in [2.45, 2.75) is 45.1 Å². The highest BCUT2D eigenvalue weighted by Gasteiger charge is 2.47. The molecule has 1 atom stereocenters. The Bertz CT molecular complexity index is 1140. The summed E-state index contributed by atoms with van der Waals surface area (Å²) in [5.41, 5.74) is 4.52. The van der Waals surface area contributed by atoms with Crippen molar-refractivity contribution in [1.29, 1.82) is 0 Å². The topological polar surface area (TPSA) is 32.3 Å². The molecule has 31 heavy (non-hydrogen) atoms. The Hall–Kier alpha value is -2.49. The van der Waals surface area contributed by atoms with E-state index >= 15 is 0 Å². The molecule has 1 heterocycles. The molecule has 3 aromatic carbocycles. The van der Waals surface area contributed by atoms with Crippen LogP contribution in [0.5, 0.6) is 0 Å². The maximum Gasteiger partial charge on any atom is 0.326 e. The van der Waals surface area contributed by atoms with Gasteiger partial charge in [0.2, 0.25) is 0 Å². The molecule has 0 saturated heterocycles. The number of nitrogens with zero attached hydrogens (tertiary/aromatic N) is 1. The molecule has 0 unspecified atom stereocenters. The third kappa shape index (κ3) is 3.93. The van der Waals surface area contributed by atoms with Crippen molar-refractivity contribution in [3.05, 3.63) is 93.5 Å². The minimum atomic E-state index is -0.422. The fourth-order valence-electron chi connectivity index (χ4n) is 4.82. The number of carbonyl (C=O) groups is 1. The van der Waals surface area contributed by atoms with Gasteiger partial charge in [0.25, 0.3) is 0 Å². The number of hydrogen-bond acceptors (Lipinski definition) is 1. The average molecular weight is 453 g/mol. The molecule has 160 valence electrons. The van der Waals surface area contributed by atoms with E-state index < -0.39 is 5.54 Å². The van der Waals surface area contributed by atoms with E-state index in [1.165, 1.54) is 11.1 Å². The number of urea groups is 1. The largest absolute Gasteiger partial charge is 0.326 e. The van der Waals surface area contributed by atoms with Crippen LogP contribution in [-0.2, 0) is 5.41 Å². The van der Waals surface area contributed by atoms with E-state index in [0.29, 0.717) is 15.7 Å². The first-order chi connectivity index (χ1) is 14.6. The normalized spacial score (nSPS) is 19.6. The Morgan fingerprint density at radius 3 is 2.29 bits per heavy atom. The molecule has 2 amide bonds. The van der Waals surface area contributed by atoms with Gasteiger partial charge in [-0.3, -0.25) is 4.90 Å². The van der Waals surface area contributed by atoms with Gasteiger partial charge in [0.1, 0.15) is 0 Å². The number of aryl methyl sites for hydroxylation is 1. The smallest absolute Gasteiger partial charge is 0.307 e. The minimum absolute atomic E-state index is 0.193. The fourth-order valence-corrected chi connectivity index (χ4v) is 5.12. The maximum absolute atomic E-state index is 13.5. The molecule has 0 saturated carbocycles. The highest BCUT2D eigenvalue weighted by atomic mass is 35.5. The molecule has 0 radical (unpaired) electrons. The van der Waals surface area contributed by atoms with Gasteiger partial charge in [-0.05, 0) is 62.6 Å². The molecule has 1 aliphatic heterocycles. The SMILES string of the molecule is Cc1ccc([C@@]2(C)CC(C)(C)N(C(=O)Nc3ccc(Cl)c(Cl)c3)c3ccccc32)cc1. The van der Waals surface area contributed by atoms with E-state index in [1.54, 1.807) is 18.2 Å². The molecular weight excluding hydrogens is 427 g/mol. The summed E-state index contributed by atoms with van der Waals surface area (Å²) in [4.78, 5) is 15.3. The van der Waals surface area contributed by atoms with Crippen molar-refractivity contribution in [3.8, 4) is 0 Å². The molecule has 1 aliphatic rings. The van der Waals surface area contributed by atoms with Crippen LogP contribution in [0.25, 0.3) is 0 Å². The number of benzene rings is 3. The van der Waals surface area contributed by atoms with E-state index in [2.05, 4.69) is 63.3 Å². The number of para-hydroxylation sites is 1. The molecule has 0 aromatic heterocycles. The molecule has 0 spiro atoms. The Morgan fingerprint density at radius 2 is 1.61 bits per heavy atom. The molecule has 0 bridgehead atoms. The molecule has 4 rings (SSSR count). The summed E-state index contributed by atoms with van der Waals surface area (Å²) in [7, 11) is 0. The quantitative estimate of drug-likeness (QED) is 0.421. The lowest BCUT2D eigenvalue weighted by Gasteiger charge is -2.51. The Kier molecular flexibility index (Phi) is 5.53. The minimum Gasteiger partial charge on any atom is -0.307 e. The van der Waals surface area contributed by atoms with Crippen LogP contribution in [0.15, 0.2) is 66.7 Å². The van der Waals surface area contributed by atoms with Crippen LogP contribution in [0.4, 0.5) is 16.2 Å². The molecule has 3 nitrogen and oxygen atoms in total. The lowest BCUT2D eigenvalue weighted by Crippen LogP contribution is -2.57. The van der Waals surface area contributed by atoms with Gasteiger partial charge < -0.3 is 5.32 Å². The van der Waals surface area contributed by atoms with Crippen LogP contribution in [0.3, 0.4) is 0 Å². The van der Waals surface area contributed by atoms with Gasteiger partial charge in [-0.25, -0.2) is 4.79 Å². The van der Waals surface area contributed by atoms with Crippen LogP contribution in [0.1, 0.15) is 43.9 Å². The summed E-state index contributed by atoms with van der Waals surface area (Å²) in [6.45, 7) is 8.60. The molecular formula is C26H26Cl2N2O.